The number of hydrogen-bond acceptors (Lipinski definition) is 5. The lowest BCUT2D eigenvalue weighted by Crippen LogP contribution is -2.35. The lowest BCUT2D eigenvalue weighted by Gasteiger charge is -2.19. The van der Waals surface area contributed by atoms with E-state index in [2.05, 4.69) is 21.2 Å². The Bertz CT molecular complexity index is 807. The largest absolute Gasteiger partial charge is 0.497 e. The van der Waals surface area contributed by atoms with E-state index in [4.69, 9.17) is 9.47 Å². The fraction of sp³-hybridized carbons (Fsp3) is 0.222. The van der Waals surface area contributed by atoms with Crippen LogP contribution in [0.1, 0.15) is 6.42 Å². The van der Waals surface area contributed by atoms with Gasteiger partial charge in [-0.2, -0.15) is 0 Å². The van der Waals surface area contributed by atoms with Gasteiger partial charge in [0.1, 0.15) is 17.5 Å². The van der Waals surface area contributed by atoms with Gasteiger partial charge < -0.3 is 14.8 Å². The van der Waals surface area contributed by atoms with Gasteiger partial charge in [0.15, 0.2) is 0 Å². The number of hydrogen-bond donors (Lipinski definition) is 1. The van der Waals surface area contributed by atoms with Crippen LogP contribution in [0, 0.1) is 0 Å². The quantitative estimate of drug-likeness (QED) is 0.774. The number of imide groups is 1. The second kappa shape index (κ2) is 7.14. The van der Waals surface area contributed by atoms with Crippen LogP contribution in [0.25, 0.3) is 0 Å². The number of halogens is 1. The number of carbonyl (C=O) groups excluding carboxylic acids is 2. The number of rotatable bonds is 5. The molecular formula is C18H17BrN2O4. The Morgan fingerprint density at radius 2 is 1.80 bits per heavy atom. The van der Waals surface area contributed by atoms with Crippen molar-refractivity contribution < 1.29 is 19.1 Å². The number of carbonyl (C=O) groups is 2. The summed E-state index contributed by atoms with van der Waals surface area (Å²) in [5.74, 6) is 0.411. The zero-order valence-electron chi connectivity index (χ0n) is 13.8. The van der Waals surface area contributed by atoms with Crippen LogP contribution >= 0.6 is 15.9 Å². The smallest absolute Gasteiger partial charge is 0.256 e. The molecule has 7 heteroatoms. The topological polar surface area (TPSA) is 67.9 Å². The minimum absolute atomic E-state index is 0.0874. The van der Waals surface area contributed by atoms with E-state index in [1.54, 1.807) is 25.3 Å². The molecule has 2 amide bonds. The Labute approximate surface area is 153 Å². The van der Waals surface area contributed by atoms with E-state index >= 15 is 0 Å². The number of anilines is 2. The molecule has 1 aliphatic rings. The van der Waals surface area contributed by atoms with Crippen molar-refractivity contribution in [2.75, 3.05) is 24.4 Å². The lowest BCUT2D eigenvalue weighted by atomic mass is 10.2. The summed E-state index contributed by atoms with van der Waals surface area (Å²) < 4.78 is 11.4. The van der Waals surface area contributed by atoms with Gasteiger partial charge in [-0.1, -0.05) is 15.9 Å². The molecule has 1 N–H and O–H groups in total. The van der Waals surface area contributed by atoms with E-state index in [0.717, 1.165) is 15.1 Å². The van der Waals surface area contributed by atoms with E-state index in [0.29, 0.717) is 17.2 Å². The van der Waals surface area contributed by atoms with Crippen LogP contribution in [0.4, 0.5) is 11.4 Å². The van der Waals surface area contributed by atoms with Gasteiger partial charge in [-0.3, -0.25) is 9.59 Å². The SMILES string of the molecule is COc1ccc(N2C(=O)CC(Nc3ccc(Br)cc3)C2=O)c(OC)c1. The molecule has 1 fully saturated rings. The van der Waals surface area contributed by atoms with Crippen molar-refractivity contribution in [2.24, 2.45) is 0 Å². The Hall–Kier alpha value is -2.54. The van der Waals surface area contributed by atoms with E-state index in [-0.39, 0.29) is 18.2 Å². The second-order valence-corrected chi connectivity index (χ2v) is 6.43. The monoisotopic (exact) mass is 404 g/mol. The summed E-state index contributed by atoms with van der Waals surface area (Å²) >= 11 is 3.37. The van der Waals surface area contributed by atoms with Crippen LogP contribution in [-0.2, 0) is 9.59 Å². The van der Waals surface area contributed by atoms with E-state index < -0.39 is 6.04 Å². The molecule has 6 nitrogen and oxygen atoms in total. The summed E-state index contributed by atoms with van der Waals surface area (Å²) in [5.41, 5.74) is 1.19. The molecule has 0 radical (unpaired) electrons. The van der Waals surface area contributed by atoms with Crippen molar-refractivity contribution in [1.82, 2.24) is 0 Å². The zero-order valence-corrected chi connectivity index (χ0v) is 15.4. The predicted octanol–water partition coefficient (Wildman–Crippen LogP) is 3.21. The minimum atomic E-state index is -0.611. The molecule has 0 spiro atoms. The lowest BCUT2D eigenvalue weighted by molar-refractivity contribution is -0.121. The van der Waals surface area contributed by atoms with E-state index in [1.165, 1.54) is 7.11 Å². The molecule has 0 bridgehead atoms. The maximum absolute atomic E-state index is 12.8. The van der Waals surface area contributed by atoms with Crippen LogP contribution in [0.15, 0.2) is 46.9 Å². The third-order valence-corrected chi connectivity index (χ3v) is 4.49. The molecule has 1 atom stereocenters. The summed E-state index contributed by atoms with van der Waals surface area (Å²) in [6.45, 7) is 0. The van der Waals surface area contributed by atoms with E-state index in [1.807, 2.05) is 24.3 Å². The van der Waals surface area contributed by atoms with Gasteiger partial charge >= 0.3 is 0 Å². The fourth-order valence-electron chi connectivity index (χ4n) is 2.71. The van der Waals surface area contributed by atoms with Gasteiger partial charge in [0.25, 0.3) is 5.91 Å². The second-order valence-electron chi connectivity index (χ2n) is 5.51. The molecule has 2 aromatic rings. The van der Waals surface area contributed by atoms with Gasteiger partial charge in [0.05, 0.1) is 26.3 Å². The van der Waals surface area contributed by atoms with Crippen molar-refractivity contribution in [1.29, 1.82) is 0 Å². The van der Waals surface area contributed by atoms with Crippen molar-refractivity contribution in [3.05, 3.63) is 46.9 Å². The number of benzene rings is 2. The highest BCUT2D eigenvalue weighted by molar-refractivity contribution is 9.10. The first kappa shape index (κ1) is 17.3. The van der Waals surface area contributed by atoms with Crippen LogP contribution in [-0.4, -0.2) is 32.1 Å². The van der Waals surface area contributed by atoms with Crippen LogP contribution in [0.5, 0.6) is 11.5 Å². The molecule has 3 rings (SSSR count). The molecule has 25 heavy (non-hydrogen) atoms. The normalized spacial score (nSPS) is 16.9. The van der Waals surface area contributed by atoms with Crippen molar-refractivity contribution in [2.45, 2.75) is 12.5 Å². The predicted molar refractivity (Wildman–Crippen MR) is 98.2 cm³/mol. The molecule has 0 aromatic heterocycles. The molecule has 0 aliphatic carbocycles. The first-order valence-corrected chi connectivity index (χ1v) is 8.43. The number of methoxy groups -OCH3 is 2. The Kier molecular flexibility index (Phi) is 4.94. The first-order valence-electron chi connectivity index (χ1n) is 7.64. The molecule has 1 heterocycles. The van der Waals surface area contributed by atoms with Crippen molar-refractivity contribution in [3.8, 4) is 11.5 Å². The average Bonchev–Trinajstić information content (AvgIpc) is 2.90. The number of amides is 2. The molecular weight excluding hydrogens is 388 g/mol. The van der Waals surface area contributed by atoms with Crippen LogP contribution < -0.4 is 19.7 Å². The third-order valence-electron chi connectivity index (χ3n) is 3.96. The van der Waals surface area contributed by atoms with Crippen molar-refractivity contribution >= 4 is 39.1 Å². The summed E-state index contributed by atoms with van der Waals surface area (Å²) in [4.78, 5) is 26.4. The maximum Gasteiger partial charge on any atom is 0.256 e. The number of nitrogens with zero attached hydrogens (tertiary/aromatic N) is 1. The standard InChI is InChI=1S/C18H17BrN2O4/c1-24-13-7-8-15(16(9-13)25-2)21-17(22)10-14(18(21)23)20-12-5-3-11(19)4-6-12/h3-9,14,20H,10H2,1-2H3. The summed E-state index contributed by atoms with van der Waals surface area (Å²) in [6.07, 6.45) is 0.0874. The summed E-state index contributed by atoms with van der Waals surface area (Å²) in [6, 6.07) is 11.8. The van der Waals surface area contributed by atoms with Crippen LogP contribution in [0.3, 0.4) is 0 Å². The highest BCUT2D eigenvalue weighted by Gasteiger charge is 2.40. The molecule has 0 saturated carbocycles. The minimum Gasteiger partial charge on any atom is -0.497 e. The first-order chi connectivity index (χ1) is 12.0. The Morgan fingerprint density at radius 3 is 2.44 bits per heavy atom. The Morgan fingerprint density at radius 1 is 1.08 bits per heavy atom. The average molecular weight is 405 g/mol. The summed E-state index contributed by atoms with van der Waals surface area (Å²) in [5, 5.41) is 3.11. The highest BCUT2D eigenvalue weighted by atomic mass is 79.9. The molecule has 130 valence electrons. The Balaban J connectivity index is 1.85. The summed E-state index contributed by atoms with van der Waals surface area (Å²) in [7, 11) is 3.03. The molecule has 1 unspecified atom stereocenters. The van der Waals surface area contributed by atoms with Crippen molar-refractivity contribution in [3.63, 3.8) is 0 Å². The van der Waals surface area contributed by atoms with Gasteiger partial charge in [0.2, 0.25) is 5.91 Å². The fourth-order valence-corrected chi connectivity index (χ4v) is 2.98. The zero-order chi connectivity index (χ0) is 18.0. The maximum atomic E-state index is 12.8. The van der Waals surface area contributed by atoms with E-state index in [9.17, 15) is 9.59 Å². The van der Waals surface area contributed by atoms with Gasteiger partial charge in [-0.05, 0) is 36.4 Å². The third kappa shape index (κ3) is 3.46. The molecule has 1 saturated heterocycles. The molecule has 1 aliphatic heterocycles. The van der Waals surface area contributed by atoms with Gasteiger partial charge in [-0.15, -0.1) is 0 Å². The number of nitrogens with one attached hydrogen (secondary N) is 1. The van der Waals surface area contributed by atoms with Gasteiger partial charge in [0, 0.05) is 16.2 Å². The highest BCUT2D eigenvalue weighted by Crippen LogP contribution is 2.35. The van der Waals surface area contributed by atoms with Crippen LogP contribution in [0.2, 0.25) is 0 Å². The number of ether oxygens (including phenoxy) is 2. The van der Waals surface area contributed by atoms with Gasteiger partial charge in [-0.25, -0.2) is 4.90 Å². The molecule has 2 aromatic carbocycles.